The lowest BCUT2D eigenvalue weighted by Crippen LogP contribution is -2.27. The monoisotopic (exact) mass is 405 g/mol. The van der Waals surface area contributed by atoms with Crippen LogP contribution in [0.3, 0.4) is 0 Å². The number of likely N-dealkylation sites (N-methyl/N-ethyl adjacent to an activating group) is 1. The van der Waals surface area contributed by atoms with Crippen molar-refractivity contribution in [1.29, 1.82) is 0 Å². The van der Waals surface area contributed by atoms with Gasteiger partial charge in [-0.3, -0.25) is 9.69 Å². The van der Waals surface area contributed by atoms with Gasteiger partial charge in [0.15, 0.2) is 9.84 Å². The number of sulfone groups is 1. The second-order valence-corrected chi connectivity index (χ2v) is 9.98. The quantitative estimate of drug-likeness (QED) is 0.568. The average Bonchev–Trinajstić information content (AvgIpc) is 3.09. The highest BCUT2D eigenvalue weighted by molar-refractivity contribution is 8.26. The second-order valence-electron chi connectivity index (χ2n) is 5.72. The zero-order valence-electron chi connectivity index (χ0n) is 13.2. The second kappa shape index (κ2) is 6.44. The standard InChI is InChI=1S/C14H16ClN3O3S3/c1-3-17-13(19)11(23-14(17)22)6-10-8(2)16-18(12(10)15)9-4-5-24(20,21)7-9/h6,9H,3-5,7H2,1-2H3/b11-6+/t9-/m0/s1. The van der Waals surface area contributed by atoms with E-state index >= 15 is 0 Å². The van der Waals surface area contributed by atoms with Crippen LogP contribution in [0.2, 0.25) is 5.15 Å². The Bertz CT molecular complexity index is 860. The molecule has 2 aliphatic rings. The molecule has 1 aromatic rings. The Morgan fingerprint density at radius 1 is 1.50 bits per heavy atom. The van der Waals surface area contributed by atoms with E-state index in [0.29, 0.717) is 38.6 Å². The average molecular weight is 406 g/mol. The maximum atomic E-state index is 12.3. The molecule has 0 aliphatic carbocycles. The summed E-state index contributed by atoms with van der Waals surface area (Å²) < 4.78 is 25.4. The Kier molecular flexibility index (Phi) is 4.80. The molecule has 2 fully saturated rings. The number of thioether (sulfide) groups is 1. The predicted octanol–water partition coefficient (Wildman–Crippen LogP) is 2.43. The molecule has 0 spiro atoms. The molecular weight excluding hydrogens is 390 g/mol. The van der Waals surface area contributed by atoms with Gasteiger partial charge in [-0.25, -0.2) is 13.1 Å². The van der Waals surface area contributed by atoms with Gasteiger partial charge in [0.05, 0.1) is 28.1 Å². The van der Waals surface area contributed by atoms with E-state index in [-0.39, 0.29) is 23.5 Å². The molecule has 0 unspecified atom stereocenters. The van der Waals surface area contributed by atoms with Crippen LogP contribution in [0.15, 0.2) is 4.91 Å². The number of carbonyl (C=O) groups excluding carboxylic acids is 1. The fourth-order valence-corrected chi connectivity index (χ4v) is 6.24. The number of amides is 1. The SMILES string of the molecule is CCN1C(=O)/C(=C\c2c(C)nn([C@H]3CCS(=O)(=O)C3)c2Cl)SC1=S. The topological polar surface area (TPSA) is 72.3 Å². The molecule has 10 heteroatoms. The van der Waals surface area contributed by atoms with E-state index < -0.39 is 9.84 Å². The maximum absolute atomic E-state index is 12.3. The fraction of sp³-hybridized carbons (Fsp3) is 0.500. The van der Waals surface area contributed by atoms with Gasteiger partial charge in [-0.1, -0.05) is 35.6 Å². The highest BCUT2D eigenvalue weighted by Crippen LogP contribution is 2.36. The Balaban J connectivity index is 1.95. The van der Waals surface area contributed by atoms with E-state index in [0.717, 1.165) is 0 Å². The molecule has 0 saturated carbocycles. The third kappa shape index (κ3) is 3.14. The number of nitrogens with zero attached hydrogens (tertiary/aromatic N) is 3. The van der Waals surface area contributed by atoms with Crippen LogP contribution in [-0.4, -0.2) is 51.4 Å². The highest BCUT2D eigenvalue weighted by atomic mass is 35.5. The molecule has 6 nitrogen and oxygen atoms in total. The molecule has 24 heavy (non-hydrogen) atoms. The van der Waals surface area contributed by atoms with E-state index in [4.69, 9.17) is 23.8 Å². The molecule has 130 valence electrons. The minimum Gasteiger partial charge on any atom is -0.293 e. The smallest absolute Gasteiger partial charge is 0.266 e. The summed E-state index contributed by atoms with van der Waals surface area (Å²) in [4.78, 5) is 14.4. The van der Waals surface area contributed by atoms with Crippen LogP contribution < -0.4 is 0 Å². The fourth-order valence-electron chi connectivity index (χ4n) is 2.81. The van der Waals surface area contributed by atoms with E-state index in [2.05, 4.69) is 5.10 Å². The number of aromatic nitrogens is 2. The summed E-state index contributed by atoms with van der Waals surface area (Å²) in [5.74, 6) is 0.0574. The first-order valence-electron chi connectivity index (χ1n) is 7.44. The summed E-state index contributed by atoms with van der Waals surface area (Å²) in [5, 5.41) is 4.75. The van der Waals surface area contributed by atoms with E-state index in [1.807, 2.05) is 6.92 Å². The summed E-state index contributed by atoms with van der Waals surface area (Å²) >= 11 is 12.9. The van der Waals surface area contributed by atoms with Gasteiger partial charge in [0.25, 0.3) is 5.91 Å². The van der Waals surface area contributed by atoms with Crippen molar-refractivity contribution in [3.63, 3.8) is 0 Å². The molecule has 2 aliphatic heterocycles. The molecule has 1 aromatic heterocycles. The number of rotatable bonds is 3. The van der Waals surface area contributed by atoms with E-state index in [9.17, 15) is 13.2 Å². The van der Waals surface area contributed by atoms with Gasteiger partial charge in [0, 0.05) is 12.1 Å². The normalized spacial score (nSPS) is 25.2. The zero-order chi connectivity index (χ0) is 17.6. The van der Waals surface area contributed by atoms with Crippen molar-refractivity contribution >= 4 is 61.7 Å². The van der Waals surface area contributed by atoms with Crippen LogP contribution in [0.25, 0.3) is 6.08 Å². The largest absolute Gasteiger partial charge is 0.293 e. The van der Waals surface area contributed by atoms with Crippen LogP contribution in [0.4, 0.5) is 0 Å². The molecule has 3 rings (SSSR count). The zero-order valence-corrected chi connectivity index (χ0v) is 16.4. The number of carbonyl (C=O) groups is 1. The summed E-state index contributed by atoms with van der Waals surface area (Å²) in [6.45, 7) is 4.18. The Morgan fingerprint density at radius 2 is 2.21 bits per heavy atom. The Hall–Kier alpha value is -0.900. The third-order valence-corrected chi connectivity index (χ3v) is 7.60. The van der Waals surface area contributed by atoms with Gasteiger partial charge >= 0.3 is 0 Å². The van der Waals surface area contributed by atoms with Gasteiger partial charge < -0.3 is 0 Å². The lowest BCUT2D eigenvalue weighted by atomic mass is 10.2. The summed E-state index contributed by atoms with van der Waals surface area (Å²) in [6.07, 6.45) is 2.19. The Labute approximate surface area is 155 Å². The molecule has 0 radical (unpaired) electrons. The molecule has 2 saturated heterocycles. The van der Waals surface area contributed by atoms with Crippen molar-refractivity contribution in [2.75, 3.05) is 18.1 Å². The maximum Gasteiger partial charge on any atom is 0.266 e. The summed E-state index contributed by atoms with van der Waals surface area (Å²) in [5.41, 5.74) is 1.30. The molecule has 1 atom stereocenters. The lowest BCUT2D eigenvalue weighted by molar-refractivity contribution is -0.121. The number of hydrogen-bond acceptors (Lipinski definition) is 6. The summed E-state index contributed by atoms with van der Waals surface area (Å²) in [7, 11) is -3.03. The van der Waals surface area contributed by atoms with Crippen molar-refractivity contribution < 1.29 is 13.2 Å². The molecule has 3 heterocycles. The van der Waals surface area contributed by atoms with Crippen molar-refractivity contribution in [1.82, 2.24) is 14.7 Å². The first-order valence-corrected chi connectivity index (χ1v) is 10.9. The van der Waals surface area contributed by atoms with Crippen molar-refractivity contribution in [2.24, 2.45) is 0 Å². The minimum absolute atomic E-state index is 0.0469. The van der Waals surface area contributed by atoms with Crippen molar-refractivity contribution in [2.45, 2.75) is 26.3 Å². The Morgan fingerprint density at radius 3 is 2.75 bits per heavy atom. The number of halogens is 1. The van der Waals surface area contributed by atoms with Crippen molar-refractivity contribution in [3.05, 3.63) is 21.3 Å². The van der Waals surface area contributed by atoms with Crippen molar-refractivity contribution in [3.8, 4) is 0 Å². The first-order chi connectivity index (χ1) is 11.2. The van der Waals surface area contributed by atoms with Gasteiger partial charge in [0.1, 0.15) is 9.47 Å². The molecule has 0 aromatic carbocycles. The number of thiocarbonyl (C=S) groups is 1. The first kappa shape index (κ1) is 17.9. The van der Waals surface area contributed by atoms with E-state index in [1.165, 1.54) is 16.7 Å². The molecule has 0 bridgehead atoms. The van der Waals surface area contributed by atoms with Crippen LogP contribution in [0.5, 0.6) is 0 Å². The molecule has 1 amide bonds. The van der Waals surface area contributed by atoms with Crippen LogP contribution >= 0.6 is 35.6 Å². The van der Waals surface area contributed by atoms with Gasteiger partial charge in [-0.2, -0.15) is 5.10 Å². The van der Waals surface area contributed by atoms with Gasteiger partial charge in [-0.05, 0) is 26.3 Å². The summed E-state index contributed by atoms with van der Waals surface area (Å²) in [6, 6.07) is -0.256. The predicted molar refractivity (Wildman–Crippen MR) is 99.8 cm³/mol. The molecule has 0 N–H and O–H groups in total. The molecular formula is C14H16ClN3O3S3. The van der Waals surface area contributed by atoms with Crippen LogP contribution in [-0.2, 0) is 14.6 Å². The lowest BCUT2D eigenvalue weighted by Gasteiger charge is -2.10. The highest BCUT2D eigenvalue weighted by Gasteiger charge is 2.34. The number of aryl methyl sites for hydroxylation is 1. The van der Waals surface area contributed by atoms with Crippen LogP contribution in [0.1, 0.15) is 30.6 Å². The van der Waals surface area contributed by atoms with Gasteiger partial charge in [-0.15, -0.1) is 0 Å². The minimum atomic E-state index is -3.03. The van der Waals surface area contributed by atoms with Crippen LogP contribution in [0, 0.1) is 6.92 Å². The third-order valence-electron chi connectivity index (χ3n) is 4.09. The van der Waals surface area contributed by atoms with Gasteiger partial charge in [0.2, 0.25) is 0 Å². The number of hydrogen-bond donors (Lipinski definition) is 0. The van der Waals surface area contributed by atoms with E-state index in [1.54, 1.807) is 17.7 Å².